The summed E-state index contributed by atoms with van der Waals surface area (Å²) in [4.78, 5) is -0.0826. The summed E-state index contributed by atoms with van der Waals surface area (Å²) in [5.74, 6) is 0.0252. The van der Waals surface area contributed by atoms with Gasteiger partial charge in [-0.25, -0.2) is 8.42 Å². The van der Waals surface area contributed by atoms with Crippen LogP contribution in [0.15, 0.2) is 28.2 Å². The first kappa shape index (κ1) is 21.5. The van der Waals surface area contributed by atoms with Gasteiger partial charge < -0.3 is 15.2 Å². The van der Waals surface area contributed by atoms with Gasteiger partial charge >= 0.3 is 0 Å². The molecule has 0 spiro atoms. The van der Waals surface area contributed by atoms with Crippen molar-refractivity contribution in [2.75, 3.05) is 23.9 Å². The SMILES string of the molecule is COc1ccc(S(=O)(=O)N(N=C(C)C)[C@@H]2CCS(=O)(=O)C2)cc1N[C@H](C)O. The second-order valence-corrected chi connectivity index (χ2v) is 10.6. The monoisotopic (exact) mass is 419 g/mol. The maximum absolute atomic E-state index is 13.2. The molecule has 0 amide bonds. The highest BCUT2D eigenvalue weighted by atomic mass is 32.2. The Morgan fingerprint density at radius 3 is 2.56 bits per heavy atom. The molecule has 1 saturated heterocycles. The van der Waals surface area contributed by atoms with Crippen LogP contribution in [0.5, 0.6) is 5.75 Å². The predicted molar refractivity (Wildman–Crippen MR) is 103 cm³/mol. The highest BCUT2D eigenvalue weighted by Gasteiger charge is 2.38. The van der Waals surface area contributed by atoms with Gasteiger partial charge in [-0.3, -0.25) is 0 Å². The summed E-state index contributed by atoms with van der Waals surface area (Å²) >= 11 is 0. The zero-order valence-electron chi connectivity index (χ0n) is 15.7. The lowest BCUT2D eigenvalue weighted by atomic mass is 10.3. The van der Waals surface area contributed by atoms with Crippen LogP contribution in [0.4, 0.5) is 5.69 Å². The molecular weight excluding hydrogens is 394 g/mol. The van der Waals surface area contributed by atoms with Gasteiger partial charge in [0.2, 0.25) is 0 Å². The van der Waals surface area contributed by atoms with Gasteiger partial charge in [0, 0.05) is 5.71 Å². The lowest BCUT2D eigenvalue weighted by molar-refractivity contribution is 0.223. The molecule has 1 aliphatic heterocycles. The first-order chi connectivity index (χ1) is 12.5. The Balaban J connectivity index is 2.51. The number of methoxy groups -OCH3 is 1. The predicted octanol–water partition coefficient (Wildman–Crippen LogP) is 1.02. The highest BCUT2D eigenvalue weighted by molar-refractivity contribution is 7.92. The van der Waals surface area contributed by atoms with Crippen LogP contribution < -0.4 is 10.1 Å². The Kier molecular flexibility index (Phi) is 6.38. The van der Waals surface area contributed by atoms with Crippen molar-refractivity contribution < 1.29 is 26.7 Å². The minimum Gasteiger partial charge on any atom is -0.495 e. The summed E-state index contributed by atoms with van der Waals surface area (Å²) in [7, 11) is -5.98. The van der Waals surface area contributed by atoms with Gasteiger partial charge in [0.05, 0.1) is 35.2 Å². The molecule has 0 saturated carbocycles. The van der Waals surface area contributed by atoms with Crippen molar-refractivity contribution >= 4 is 31.3 Å². The standard InChI is InChI=1S/C16H25N3O6S2/c1-11(2)18-19(13-7-8-26(21,22)10-13)27(23,24)14-5-6-16(25-4)15(9-14)17-12(3)20/h5-6,9,12-13,17,20H,7-8,10H2,1-4H3/t12-,13+/m0/s1. The Morgan fingerprint density at radius 1 is 1.41 bits per heavy atom. The topological polar surface area (TPSA) is 125 Å². The molecule has 0 radical (unpaired) electrons. The number of nitrogens with zero attached hydrogens (tertiary/aromatic N) is 2. The summed E-state index contributed by atoms with van der Waals surface area (Å²) in [5.41, 5.74) is 0.781. The molecule has 11 heteroatoms. The van der Waals surface area contributed by atoms with Crippen LogP contribution in [0, 0.1) is 0 Å². The number of sulfone groups is 1. The van der Waals surface area contributed by atoms with Gasteiger partial charge in [-0.1, -0.05) is 0 Å². The first-order valence-corrected chi connectivity index (χ1v) is 11.6. The van der Waals surface area contributed by atoms with Crippen molar-refractivity contribution in [1.82, 2.24) is 4.41 Å². The lowest BCUT2D eigenvalue weighted by Gasteiger charge is -2.25. The van der Waals surface area contributed by atoms with E-state index in [0.29, 0.717) is 17.1 Å². The Morgan fingerprint density at radius 2 is 2.07 bits per heavy atom. The summed E-state index contributed by atoms with van der Waals surface area (Å²) in [6.45, 7) is 4.77. The van der Waals surface area contributed by atoms with Crippen LogP contribution in [-0.4, -0.2) is 63.0 Å². The van der Waals surface area contributed by atoms with Crippen molar-refractivity contribution in [1.29, 1.82) is 0 Å². The van der Waals surface area contributed by atoms with E-state index < -0.39 is 32.1 Å². The molecule has 1 aromatic carbocycles. The summed E-state index contributed by atoms with van der Waals surface area (Å²) in [6, 6.07) is 3.39. The van der Waals surface area contributed by atoms with Crippen molar-refractivity contribution in [3.05, 3.63) is 18.2 Å². The second-order valence-electron chi connectivity index (χ2n) is 6.56. The molecule has 27 heavy (non-hydrogen) atoms. The van der Waals surface area contributed by atoms with Crippen LogP contribution >= 0.6 is 0 Å². The maximum Gasteiger partial charge on any atom is 0.279 e. The Hall–Kier alpha value is -1.85. The number of aliphatic hydroxyl groups excluding tert-OH is 1. The third-order valence-electron chi connectivity index (χ3n) is 3.90. The molecule has 152 valence electrons. The maximum atomic E-state index is 13.2. The molecule has 0 aliphatic carbocycles. The lowest BCUT2D eigenvalue weighted by Crippen LogP contribution is -2.37. The fourth-order valence-electron chi connectivity index (χ4n) is 2.77. The Labute approximate surface area is 160 Å². The summed E-state index contributed by atoms with van der Waals surface area (Å²) < 4.78 is 56.1. The minimum atomic E-state index is -4.11. The number of rotatable bonds is 7. The van der Waals surface area contributed by atoms with Crippen molar-refractivity contribution in [2.45, 2.75) is 44.4 Å². The van der Waals surface area contributed by atoms with Gasteiger partial charge in [0.15, 0.2) is 9.84 Å². The second kappa shape index (κ2) is 8.03. The van der Waals surface area contributed by atoms with Gasteiger partial charge in [0.1, 0.15) is 12.0 Å². The van der Waals surface area contributed by atoms with Gasteiger partial charge in [-0.15, -0.1) is 0 Å². The van der Waals surface area contributed by atoms with Gasteiger partial charge in [-0.05, 0) is 45.4 Å². The molecule has 1 aromatic rings. The van der Waals surface area contributed by atoms with E-state index in [2.05, 4.69) is 10.4 Å². The molecule has 2 N–H and O–H groups in total. The van der Waals surface area contributed by atoms with E-state index in [1.165, 1.54) is 32.2 Å². The number of benzene rings is 1. The molecular formula is C16H25N3O6S2. The average molecular weight is 420 g/mol. The quantitative estimate of drug-likeness (QED) is 0.384. The fourth-order valence-corrected chi connectivity index (χ4v) is 6.12. The van der Waals surface area contributed by atoms with E-state index >= 15 is 0 Å². The number of anilines is 1. The first-order valence-electron chi connectivity index (χ1n) is 8.35. The molecule has 0 bridgehead atoms. The Bertz CT molecular complexity index is 921. The molecule has 0 unspecified atom stereocenters. The van der Waals surface area contributed by atoms with E-state index in [-0.39, 0.29) is 22.8 Å². The van der Waals surface area contributed by atoms with E-state index in [9.17, 15) is 21.9 Å². The minimum absolute atomic E-state index is 0.0700. The normalized spacial score (nSPS) is 20.0. The fraction of sp³-hybridized carbons (Fsp3) is 0.562. The van der Waals surface area contributed by atoms with Gasteiger partial charge in [-0.2, -0.15) is 17.9 Å². The number of aliphatic hydroxyl groups is 1. The molecule has 2 rings (SSSR count). The number of ether oxygens (including phenoxy) is 1. The number of sulfonamides is 1. The van der Waals surface area contributed by atoms with E-state index in [1.54, 1.807) is 13.8 Å². The summed E-state index contributed by atoms with van der Waals surface area (Å²) in [6.07, 6.45) is -0.739. The van der Waals surface area contributed by atoms with Crippen molar-refractivity contribution in [2.24, 2.45) is 5.10 Å². The van der Waals surface area contributed by atoms with Gasteiger partial charge in [0.25, 0.3) is 10.0 Å². The van der Waals surface area contributed by atoms with E-state index in [4.69, 9.17) is 4.74 Å². The van der Waals surface area contributed by atoms with Crippen molar-refractivity contribution in [3.63, 3.8) is 0 Å². The summed E-state index contributed by atoms with van der Waals surface area (Å²) in [5, 5.41) is 16.4. The third-order valence-corrected chi connectivity index (χ3v) is 7.37. The molecule has 1 aliphatic rings. The van der Waals surface area contributed by atoms with Crippen LogP contribution in [0.2, 0.25) is 0 Å². The number of nitrogens with one attached hydrogen (secondary N) is 1. The van der Waals surface area contributed by atoms with E-state index in [0.717, 1.165) is 4.41 Å². The third kappa shape index (κ3) is 5.11. The largest absolute Gasteiger partial charge is 0.495 e. The zero-order chi connectivity index (χ0) is 20.4. The average Bonchev–Trinajstić information content (AvgIpc) is 2.91. The van der Waals surface area contributed by atoms with Crippen LogP contribution in [0.3, 0.4) is 0 Å². The molecule has 2 atom stereocenters. The number of hydrazone groups is 1. The van der Waals surface area contributed by atoms with Crippen LogP contribution in [0.1, 0.15) is 27.2 Å². The molecule has 0 aromatic heterocycles. The van der Waals surface area contributed by atoms with Crippen molar-refractivity contribution in [3.8, 4) is 5.75 Å². The molecule has 1 heterocycles. The zero-order valence-corrected chi connectivity index (χ0v) is 17.3. The van der Waals surface area contributed by atoms with Crippen LogP contribution in [-0.2, 0) is 19.9 Å². The van der Waals surface area contributed by atoms with E-state index in [1.807, 2.05) is 0 Å². The number of hydrogen-bond acceptors (Lipinski definition) is 8. The molecule has 9 nitrogen and oxygen atoms in total. The smallest absolute Gasteiger partial charge is 0.279 e. The highest BCUT2D eigenvalue weighted by Crippen LogP contribution is 2.31. The number of hydrogen-bond donors (Lipinski definition) is 2. The van der Waals surface area contributed by atoms with Crippen LogP contribution in [0.25, 0.3) is 0 Å². The molecule has 1 fully saturated rings.